The van der Waals surface area contributed by atoms with Crippen molar-refractivity contribution in [2.24, 2.45) is 11.7 Å². The molecule has 0 amide bonds. The minimum Gasteiger partial charge on any atom is -0.487 e. The second-order valence-corrected chi connectivity index (χ2v) is 5.54. The minimum absolute atomic E-state index is 0.0261. The van der Waals surface area contributed by atoms with Crippen LogP contribution in [0.25, 0.3) is 0 Å². The summed E-state index contributed by atoms with van der Waals surface area (Å²) in [7, 11) is 0. The van der Waals surface area contributed by atoms with E-state index in [0.29, 0.717) is 5.92 Å². The fourth-order valence-corrected chi connectivity index (χ4v) is 2.83. The molecule has 2 atom stereocenters. The molecule has 1 aliphatic heterocycles. The standard InChI is InChI=1S/C14H19NO/c1-9-3-6-13-11(7-9)12(15)8-14(2,16-13)10-4-5-10/h3,6-7,10,12H,4-5,8,15H2,1-2H3/t12-,14?/m0/s1. The van der Waals surface area contributed by atoms with Gasteiger partial charge in [0.05, 0.1) is 0 Å². The van der Waals surface area contributed by atoms with Gasteiger partial charge in [-0.25, -0.2) is 0 Å². The first-order chi connectivity index (χ1) is 7.58. The van der Waals surface area contributed by atoms with E-state index < -0.39 is 0 Å². The van der Waals surface area contributed by atoms with Crippen molar-refractivity contribution in [1.82, 2.24) is 0 Å². The molecule has 2 N–H and O–H groups in total. The Morgan fingerprint density at radius 1 is 1.38 bits per heavy atom. The summed E-state index contributed by atoms with van der Waals surface area (Å²) in [6.07, 6.45) is 3.54. The summed E-state index contributed by atoms with van der Waals surface area (Å²) in [4.78, 5) is 0. The zero-order valence-electron chi connectivity index (χ0n) is 9.99. The molecule has 0 saturated heterocycles. The molecule has 0 radical (unpaired) electrons. The lowest BCUT2D eigenvalue weighted by atomic mass is 9.85. The molecule has 1 aromatic carbocycles. The summed E-state index contributed by atoms with van der Waals surface area (Å²) in [5.41, 5.74) is 8.69. The topological polar surface area (TPSA) is 35.2 Å². The summed E-state index contributed by atoms with van der Waals surface area (Å²) in [5.74, 6) is 1.71. The van der Waals surface area contributed by atoms with Crippen LogP contribution in [-0.4, -0.2) is 5.60 Å². The molecule has 1 heterocycles. The molecular formula is C14H19NO. The maximum Gasteiger partial charge on any atom is 0.124 e. The van der Waals surface area contributed by atoms with Crippen LogP contribution in [0.3, 0.4) is 0 Å². The van der Waals surface area contributed by atoms with Crippen molar-refractivity contribution in [3.05, 3.63) is 29.3 Å². The van der Waals surface area contributed by atoms with Crippen LogP contribution in [0.4, 0.5) is 0 Å². The highest BCUT2D eigenvalue weighted by atomic mass is 16.5. The number of nitrogens with two attached hydrogens (primary N) is 1. The van der Waals surface area contributed by atoms with Crippen molar-refractivity contribution in [2.45, 2.75) is 44.8 Å². The molecule has 1 aromatic rings. The van der Waals surface area contributed by atoms with Gasteiger partial charge in [-0.3, -0.25) is 0 Å². The average Bonchev–Trinajstić information content (AvgIpc) is 3.03. The van der Waals surface area contributed by atoms with E-state index in [1.807, 2.05) is 0 Å². The predicted molar refractivity (Wildman–Crippen MR) is 64.5 cm³/mol. The first-order valence-electron chi connectivity index (χ1n) is 6.14. The molecule has 86 valence electrons. The number of benzene rings is 1. The number of hydrogen-bond acceptors (Lipinski definition) is 2. The number of aryl methyl sites for hydroxylation is 1. The third kappa shape index (κ3) is 1.52. The van der Waals surface area contributed by atoms with Gasteiger partial charge in [0.1, 0.15) is 11.4 Å². The van der Waals surface area contributed by atoms with Crippen molar-refractivity contribution in [2.75, 3.05) is 0 Å². The Labute approximate surface area is 96.8 Å². The van der Waals surface area contributed by atoms with Gasteiger partial charge in [0.15, 0.2) is 0 Å². The Kier molecular flexibility index (Phi) is 2.05. The van der Waals surface area contributed by atoms with E-state index in [2.05, 4.69) is 32.0 Å². The summed E-state index contributed by atoms with van der Waals surface area (Å²) in [5, 5.41) is 0. The maximum absolute atomic E-state index is 6.28. The van der Waals surface area contributed by atoms with E-state index in [1.165, 1.54) is 24.0 Å². The highest BCUT2D eigenvalue weighted by Crippen LogP contribution is 2.49. The average molecular weight is 217 g/mol. The van der Waals surface area contributed by atoms with Crippen LogP contribution in [-0.2, 0) is 0 Å². The maximum atomic E-state index is 6.28. The minimum atomic E-state index is -0.0261. The molecule has 1 aliphatic carbocycles. The monoisotopic (exact) mass is 217 g/mol. The second-order valence-electron chi connectivity index (χ2n) is 5.54. The molecule has 0 aromatic heterocycles. The molecule has 16 heavy (non-hydrogen) atoms. The second kappa shape index (κ2) is 3.24. The van der Waals surface area contributed by atoms with Crippen LogP contribution in [0.15, 0.2) is 18.2 Å². The van der Waals surface area contributed by atoms with E-state index in [9.17, 15) is 0 Å². The van der Waals surface area contributed by atoms with Crippen LogP contribution in [0.2, 0.25) is 0 Å². The van der Waals surface area contributed by atoms with E-state index in [4.69, 9.17) is 10.5 Å². The molecule has 0 bridgehead atoms. The van der Waals surface area contributed by atoms with Crippen molar-refractivity contribution in [3.63, 3.8) is 0 Å². The lowest BCUT2D eigenvalue weighted by Gasteiger charge is -2.39. The third-order valence-corrected chi connectivity index (χ3v) is 3.97. The van der Waals surface area contributed by atoms with Gasteiger partial charge in [0.2, 0.25) is 0 Å². The van der Waals surface area contributed by atoms with Crippen molar-refractivity contribution in [1.29, 1.82) is 0 Å². The number of ether oxygens (including phenoxy) is 1. The number of hydrogen-bond donors (Lipinski definition) is 1. The lowest BCUT2D eigenvalue weighted by molar-refractivity contribution is 0.0324. The van der Waals surface area contributed by atoms with Gasteiger partial charge in [-0.1, -0.05) is 17.7 Å². The molecule has 2 nitrogen and oxygen atoms in total. The smallest absolute Gasteiger partial charge is 0.124 e. The van der Waals surface area contributed by atoms with Gasteiger partial charge in [-0.15, -0.1) is 0 Å². The van der Waals surface area contributed by atoms with Crippen LogP contribution < -0.4 is 10.5 Å². The molecule has 1 fully saturated rings. The molecular weight excluding hydrogens is 198 g/mol. The van der Waals surface area contributed by atoms with Crippen LogP contribution >= 0.6 is 0 Å². The largest absolute Gasteiger partial charge is 0.487 e. The molecule has 1 saturated carbocycles. The molecule has 1 unspecified atom stereocenters. The first kappa shape index (κ1) is 10.2. The molecule has 2 heteroatoms. The Bertz CT molecular complexity index is 425. The van der Waals surface area contributed by atoms with E-state index in [1.54, 1.807) is 0 Å². The van der Waals surface area contributed by atoms with Gasteiger partial charge in [0.25, 0.3) is 0 Å². The van der Waals surface area contributed by atoms with Crippen LogP contribution in [0.1, 0.15) is 43.4 Å². The summed E-state index contributed by atoms with van der Waals surface area (Å²) in [6, 6.07) is 6.47. The Morgan fingerprint density at radius 2 is 2.12 bits per heavy atom. The Balaban J connectivity index is 1.99. The summed E-state index contributed by atoms with van der Waals surface area (Å²) in [6.45, 7) is 4.31. The SMILES string of the molecule is Cc1ccc2c(c1)[C@@H](N)CC(C)(C1CC1)O2. The highest BCUT2D eigenvalue weighted by Gasteiger charge is 2.47. The Morgan fingerprint density at radius 3 is 2.81 bits per heavy atom. The molecule has 3 rings (SSSR count). The van der Waals surface area contributed by atoms with E-state index >= 15 is 0 Å². The van der Waals surface area contributed by atoms with Crippen molar-refractivity contribution < 1.29 is 4.74 Å². The van der Waals surface area contributed by atoms with Gasteiger partial charge in [-0.2, -0.15) is 0 Å². The van der Waals surface area contributed by atoms with Crippen molar-refractivity contribution in [3.8, 4) is 5.75 Å². The Hall–Kier alpha value is -1.02. The lowest BCUT2D eigenvalue weighted by Crippen LogP contribution is -2.42. The summed E-state index contributed by atoms with van der Waals surface area (Å²) < 4.78 is 6.19. The van der Waals surface area contributed by atoms with E-state index in [0.717, 1.165) is 12.2 Å². The quantitative estimate of drug-likeness (QED) is 0.785. The number of rotatable bonds is 1. The fourth-order valence-electron chi connectivity index (χ4n) is 2.83. The first-order valence-corrected chi connectivity index (χ1v) is 6.14. The van der Waals surface area contributed by atoms with Crippen LogP contribution in [0, 0.1) is 12.8 Å². The zero-order chi connectivity index (χ0) is 11.3. The zero-order valence-corrected chi connectivity index (χ0v) is 9.99. The number of fused-ring (bicyclic) bond motifs is 1. The van der Waals surface area contributed by atoms with Gasteiger partial charge < -0.3 is 10.5 Å². The predicted octanol–water partition coefficient (Wildman–Crippen LogP) is 2.95. The fraction of sp³-hybridized carbons (Fsp3) is 0.571. The van der Waals surface area contributed by atoms with Gasteiger partial charge in [0, 0.05) is 18.0 Å². The molecule has 2 aliphatic rings. The van der Waals surface area contributed by atoms with Crippen molar-refractivity contribution >= 4 is 0 Å². The van der Waals surface area contributed by atoms with Gasteiger partial charge in [-0.05, 0) is 38.7 Å². The van der Waals surface area contributed by atoms with Crippen LogP contribution in [0.5, 0.6) is 5.75 Å². The molecule has 0 spiro atoms. The highest BCUT2D eigenvalue weighted by molar-refractivity contribution is 5.41. The normalized spacial score (nSPS) is 33.1. The summed E-state index contributed by atoms with van der Waals surface area (Å²) >= 11 is 0. The third-order valence-electron chi connectivity index (χ3n) is 3.97. The van der Waals surface area contributed by atoms with Gasteiger partial charge >= 0.3 is 0 Å². The van der Waals surface area contributed by atoms with E-state index in [-0.39, 0.29) is 11.6 Å².